The molecular weight excluding hydrogens is 396 g/mol. The zero-order chi connectivity index (χ0) is 22.1. The summed E-state index contributed by atoms with van der Waals surface area (Å²) in [4.78, 5) is 26.7. The van der Waals surface area contributed by atoms with Gasteiger partial charge in [0.25, 0.3) is 0 Å². The molecule has 0 saturated carbocycles. The summed E-state index contributed by atoms with van der Waals surface area (Å²) in [5.41, 5.74) is 1.40. The SMILES string of the molecule is COC(=O)C1(CCCNC(=O)OCc2ccccc2)CCN1Cc1ccc(OC)cc1. The second kappa shape index (κ2) is 10.8. The summed E-state index contributed by atoms with van der Waals surface area (Å²) in [6.45, 7) is 2.15. The molecule has 0 aromatic heterocycles. The lowest BCUT2D eigenvalue weighted by Gasteiger charge is -2.50. The molecule has 2 aromatic carbocycles. The van der Waals surface area contributed by atoms with Crippen molar-refractivity contribution in [2.45, 2.75) is 38.0 Å². The smallest absolute Gasteiger partial charge is 0.407 e. The highest BCUT2D eigenvalue weighted by Crippen LogP contribution is 2.37. The zero-order valence-electron chi connectivity index (χ0n) is 18.1. The van der Waals surface area contributed by atoms with E-state index < -0.39 is 11.6 Å². The Morgan fingerprint density at radius 3 is 2.39 bits per heavy atom. The Balaban J connectivity index is 1.48. The van der Waals surface area contributed by atoms with Gasteiger partial charge in [0.15, 0.2) is 0 Å². The van der Waals surface area contributed by atoms with Gasteiger partial charge in [-0.3, -0.25) is 9.69 Å². The van der Waals surface area contributed by atoms with Crippen molar-refractivity contribution in [3.63, 3.8) is 0 Å². The summed E-state index contributed by atoms with van der Waals surface area (Å²) in [5, 5.41) is 2.76. The predicted molar refractivity (Wildman–Crippen MR) is 117 cm³/mol. The van der Waals surface area contributed by atoms with Crippen LogP contribution in [-0.4, -0.2) is 49.8 Å². The standard InChI is InChI=1S/C24H30N2O5/c1-29-21-11-9-19(10-12-21)17-26-16-14-24(26,22(27)30-2)13-6-15-25-23(28)31-18-20-7-4-3-5-8-20/h3-5,7-12H,6,13-18H2,1-2H3,(H,25,28). The Labute approximate surface area is 183 Å². The molecule has 166 valence electrons. The fourth-order valence-corrected chi connectivity index (χ4v) is 3.87. The highest BCUT2D eigenvalue weighted by Gasteiger charge is 2.51. The summed E-state index contributed by atoms with van der Waals surface area (Å²) in [5.74, 6) is 0.579. The number of esters is 1. The third-order valence-corrected chi connectivity index (χ3v) is 5.75. The molecule has 0 spiro atoms. The number of carbonyl (C=O) groups is 2. The van der Waals surface area contributed by atoms with Gasteiger partial charge in [-0.15, -0.1) is 0 Å². The molecule has 1 saturated heterocycles. The predicted octanol–water partition coefficient (Wildman–Crippen LogP) is 3.52. The van der Waals surface area contributed by atoms with Crippen LogP contribution in [0.4, 0.5) is 4.79 Å². The van der Waals surface area contributed by atoms with E-state index in [-0.39, 0.29) is 12.6 Å². The van der Waals surface area contributed by atoms with Crippen molar-refractivity contribution in [2.24, 2.45) is 0 Å². The molecule has 1 aliphatic heterocycles. The van der Waals surface area contributed by atoms with Crippen LogP contribution in [0.15, 0.2) is 54.6 Å². The average Bonchev–Trinajstić information content (AvgIpc) is 2.81. The summed E-state index contributed by atoms with van der Waals surface area (Å²) in [7, 11) is 3.06. The number of alkyl carbamates (subject to hydrolysis) is 1. The first-order valence-electron chi connectivity index (χ1n) is 10.5. The lowest BCUT2D eigenvalue weighted by molar-refractivity contribution is -0.167. The van der Waals surface area contributed by atoms with E-state index in [2.05, 4.69) is 10.2 Å². The molecule has 3 rings (SSSR count). The Kier molecular flexibility index (Phi) is 7.89. The van der Waals surface area contributed by atoms with Crippen molar-refractivity contribution in [1.29, 1.82) is 0 Å². The number of ether oxygens (including phenoxy) is 3. The second-order valence-corrected chi connectivity index (χ2v) is 7.63. The minimum atomic E-state index is -0.649. The van der Waals surface area contributed by atoms with Gasteiger partial charge >= 0.3 is 12.1 Å². The normalized spacial score (nSPS) is 18.0. The van der Waals surface area contributed by atoms with E-state index in [1.807, 2.05) is 54.6 Å². The van der Waals surface area contributed by atoms with Gasteiger partial charge in [-0.05, 0) is 42.5 Å². The van der Waals surface area contributed by atoms with Crippen molar-refractivity contribution in [3.8, 4) is 5.75 Å². The molecule has 7 nitrogen and oxygen atoms in total. The summed E-state index contributed by atoms with van der Waals surface area (Å²) >= 11 is 0. The molecule has 7 heteroatoms. The van der Waals surface area contributed by atoms with Gasteiger partial charge in [-0.1, -0.05) is 42.5 Å². The van der Waals surface area contributed by atoms with Gasteiger partial charge in [0.05, 0.1) is 14.2 Å². The molecule has 1 unspecified atom stereocenters. The van der Waals surface area contributed by atoms with E-state index in [4.69, 9.17) is 14.2 Å². The zero-order valence-corrected chi connectivity index (χ0v) is 18.1. The number of nitrogens with zero attached hydrogens (tertiary/aromatic N) is 1. The van der Waals surface area contributed by atoms with E-state index in [0.29, 0.717) is 25.9 Å². The van der Waals surface area contributed by atoms with Crippen molar-refractivity contribution >= 4 is 12.1 Å². The Hall–Kier alpha value is -3.06. The van der Waals surface area contributed by atoms with Gasteiger partial charge in [0, 0.05) is 19.6 Å². The molecule has 0 aliphatic carbocycles. The van der Waals surface area contributed by atoms with Crippen LogP contribution in [-0.2, 0) is 27.4 Å². The van der Waals surface area contributed by atoms with E-state index in [0.717, 1.165) is 29.8 Å². The van der Waals surface area contributed by atoms with E-state index in [1.54, 1.807) is 7.11 Å². The van der Waals surface area contributed by atoms with Crippen LogP contribution >= 0.6 is 0 Å². The van der Waals surface area contributed by atoms with E-state index in [9.17, 15) is 9.59 Å². The maximum Gasteiger partial charge on any atom is 0.407 e. The van der Waals surface area contributed by atoms with Crippen LogP contribution in [0.3, 0.4) is 0 Å². The quantitative estimate of drug-likeness (QED) is 0.463. The number of rotatable bonds is 10. The molecule has 0 bridgehead atoms. The lowest BCUT2D eigenvalue weighted by atomic mass is 9.80. The maximum absolute atomic E-state index is 12.6. The third kappa shape index (κ3) is 5.76. The number of carbonyl (C=O) groups excluding carboxylic acids is 2. The van der Waals surface area contributed by atoms with Crippen molar-refractivity contribution in [1.82, 2.24) is 10.2 Å². The molecule has 1 heterocycles. The first-order chi connectivity index (χ1) is 15.1. The molecule has 31 heavy (non-hydrogen) atoms. The fourth-order valence-electron chi connectivity index (χ4n) is 3.87. The number of likely N-dealkylation sites (tertiary alicyclic amines) is 1. The Bertz CT molecular complexity index is 856. The molecule has 1 fully saturated rings. The molecule has 1 atom stereocenters. The van der Waals surface area contributed by atoms with Gasteiger partial charge < -0.3 is 19.5 Å². The second-order valence-electron chi connectivity index (χ2n) is 7.63. The lowest BCUT2D eigenvalue weighted by Crippen LogP contribution is -2.64. The van der Waals surface area contributed by atoms with Crippen molar-refractivity contribution < 1.29 is 23.8 Å². The minimum Gasteiger partial charge on any atom is -0.497 e. The number of hydrogen-bond acceptors (Lipinski definition) is 6. The van der Waals surface area contributed by atoms with Crippen LogP contribution in [0, 0.1) is 0 Å². The summed E-state index contributed by atoms with van der Waals surface area (Å²) < 4.78 is 15.5. The molecular formula is C24H30N2O5. The topological polar surface area (TPSA) is 77.1 Å². The molecule has 1 amide bonds. The fraction of sp³-hybridized carbons (Fsp3) is 0.417. The average molecular weight is 427 g/mol. The van der Waals surface area contributed by atoms with Crippen molar-refractivity contribution in [3.05, 3.63) is 65.7 Å². The van der Waals surface area contributed by atoms with E-state index in [1.165, 1.54) is 7.11 Å². The monoisotopic (exact) mass is 426 g/mol. The van der Waals surface area contributed by atoms with E-state index >= 15 is 0 Å². The maximum atomic E-state index is 12.6. The summed E-state index contributed by atoms with van der Waals surface area (Å²) in [6, 6.07) is 17.4. The number of amides is 1. The first-order valence-corrected chi connectivity index (χ1v) is 10.5. The van der Waals surface area contributed by atoms with Crippen LogP contribution in [0.25, 0.3) is 0 Å². The first kappa shape index (κ1) is 22.6. The van der Waals surface area contributed by atoms with Crippen molar-refractivity contribution in [2.75, 3.05) is 27.3 Å². The number of hydrogen-bond donors (Lipinski definition) is 1. The molecule has 1 aliphatic rings. The largest absolute Gasteiger partial charge is 0.497 e. The van der Waals surface area contributed by atoms with Gasteiger partial charge in [0.2, 0.25) is 0 Å². The summed E-state index contributed by atoms with van der Waals surface area (Å²) in [6.07, 6.45) is 1.54. The van der Waals surface area contributed by atoms with Crippen LogP contribution in [0.2, 0.25) is 0 Å². The number of methoxy groups -OCH3 is 2. The van der Waals surface area contributed by atoms with Crippen LogP contribution in [0.1, 0.15) is 30.4 Å². The Morgan fingerprint density at radius 1 is 1.03 bits per heavy atom. The number of nitrogens with one attached hydrogen (secondary N) is 1. The van der Waals surface area contributed by atoms with Crippen LogP contribution < -0.4 is 10.1 Å². The number of benzene rings is 2. The van der Waals surface area contributed by atoms with Gasteiger partial charge in [-0.2, -0.15) is 0 Å². The molecule has 0 radical (unpaired) electrons. The van der Waals surface area contributed by atoms with Gasteiger partial charge in [0.1, 0.15) is 17.9 Å². The minimum absolute atomic E-state index is 0.223. The molecule has 2 aromatic rings. The highest BCUT2D eigenvalue weighted by molar-refractivity contribution is 5.82. The van der Waals surface area contributed by atoms with Crippen LogP contribution in [0.5, 0.6) is 5.75 Å². The highest BCUT2D eigenvalue weighted by atomic mass is 16.5. The third-order valence-electron chi connectivity index (χ3n) is 5.75. The van der Waals surface area contributed by atoms with Gasteiger partial charge in [-0.25, -0.2) is 4.79 Å². The Morgan fingerprint density at radius 2 is 1.77 bits per heavy atom. The molecule has 1 N–H and O–H groups in total.